The third-order valence-electron chi connectivity index (χ3n) is 4.74. The predicted molar refractivity (Wildman–Crippen MR) is 81.0 cm³/mol. The van der Waals surface area contributed by atoms with Gasteiger partial charge in [-0.2, -0.15) is 0 Å². The molecule has 0 aliphatic heterocycles. The fourth-order valence-corrected chi connectivity index (χ4v) is 3.65. The van der Waals surface area contributed by atoms with Crippen LogP contribution in [-0.2, 0) is 0 Å². The molecule has 18 heavy (non-hydrogen) atoms. The Morgan fingerprint density at radius 2 is 1.94 bits per heavy atom. The van der Waals surface area contributed by atoms with E-state index in [1.165, 1.54) is 32.4 Å². The maximum absolute atomic E-state index is 3.77. The van der Waals surface area contributed by atoms with Crippen molar-refractivity contribution < 1.29 is 0 Å². The lowest BCUT2D eigenvalue weighted by atomic mass is 9.67. The van der Waals surface area contributed by atoms with Crippen molar-refractivity contribution in [1.82, 2.24) is 10.2 Å². The molecule has 0 aromatic heterocycles. The summed E-state index contributed by atoms with van der Waals surface area (Å²) < 4.78 is 0. The first-order chi connectivity index (χ1) is 8.42. The largest absolute Gasteiger partial charge is 0.313 e. The van der Waals surface area contributed by atoms with Crippen molar-refractivity contribution in [2.75, 3.05) is 19.6 Å². The van der Waals surface area contributed by atoms with E-state index >= 15 is 0 Å². The minimum atomic E-state index is 0.454. The van der Waals surface area contributed by atoms with E-state index < -0.39 is 0 Å². The van der Waals surface area contributed by atoms with E-state index in [9.17, 15) is 0 Å². The Bertz CT molecular complexity index is 235. The summed E-state index contributed by atoms with van der Waals surface area (Å²) in [4.78, 5) is 2.62. The fraction of sp³-hybridized carbons (Fsp3) is 1.00. The van der Waals surface area contributed by atoms with Crippen LogP contribution in [0, 0.1) is 11.3 Å². The highest BCUT2D eigenvalue weighted by Crippen LogP contribution is 2.39. The van der Waals surface area contributed by atoms with Gasteiger partial charge in [-0.3, -0.25) is 0 Å². The number of rotatable bonds is 6. The van der Waals surface area contributed by atoms with E-state index in [0.29, 0.717) is 17.5 Å². The lowest BCUT2D eigenvalue weighted by molar-refractivity contribution is 0.0722. The van der Waals surface area contributed by atoms with Crippen LogP contribution in [0.4, 0.5) is 0 Å². The van der Waals surface area contributed by atoms with Crippen molar-refractivity contribution in [3.8, 4) is 0 Å². The zero-order valence-corrected chi connectivity index (χ0v) is 13.4. The van der Waals surface area contributed by atoms with Crippen LogP contribution >= 0.6 is 0 Å². The molecule has 0 heterocycles. The topological polar surface area (TPSA) is 15.3 Å². The van der Waals surface area contributed by atoms with E-state index in [2.05, 4.69) is 51.8 Å². The number of nitrogens with one attached hydrogen (secondary N) is 1. The van der Waals surface area contributed by atoms with Gasteiger partial charge < -0.3 is 10.2 Å². The molecule has 1 saturated carbocycles. The van der Waals surface area contributed by atoms with Gasteiger partial charge in [-0.15, -0.1) is 0 Å². The smallest absolute Gasteiger partial charge is 0.0159 e. The Balaban J connectivity index is 2.71. The summed E-state index contributed by atoms with van der Waals surface area (Å²) in [5.41, 5.74) is 0.454. The zero-order valence-electron chi connectivity index (χ0n) is 13.4. The van der Waals surface area contributed by atoms with Crippen molar-refractivity contribution in [1.29, 1.82) is 0 Å². The monoisotopic (exact) mass is 254 g/mol. The molecule has 1 fully saturated rings. The molecule has 0 radical (unpaired) electrons. The highest BCUT2D eigenvalue weighted by molar-refractivity contribution is 4.94. The molecule has 1 rings (SSSR count). The van der Waals surface area contributed by atoms with Crippen LogP contribution in [0.25, 0.3) is 0 Å². The summed E-state index contributed by atoms with van der Waals surface area (Å²) in [6, 6.07) is 1.35. The van der Waals surface area contributed by atoms with Gasteiger partial charge in [-0.1, -0.05) is 34.1 Å². The molecule has 2 heteroatoms. The first kappa shape index (κ1) is 16.0. The van der Waals surface area contributed by atoms with Crippen molar-refractivity contribution in [2.45, 2.75) is 72.9 Å². The van der Waals surface area contributed by atoms with Crippen LogP contribution in [0.1, 0.15) is 60.8 Å². The summed E-state index contributed by atoms with van der Waals surface area (Å²) in [6.07, 6.45) is 4.16. The molecule has 0 spiro atoms. The van der Waals surface area contributed by atoms with Crippen molar-refractivity contribution in [3.05, 3.63) is 0 Å². The molecule has 1 aliphatic rings. The lowest BCUT2D eigenvalue weighted by Gasteiger charge is -2.46. The van der Waals surface area contributed by atoms with E-state index in [1.54, 1.807) is 0 Å². The van der Waals surface area contributed by atoms with Gasteiger partial charge in [0.05, 0.1) is 0 Å². The maximum atomic E-state index is 3.77. The second-order valence-electron chi connectivity index (χ2n) is 6.86. The van der Waals surface area contributed by atoms with Crippen LogP contribution in [0.15, 0.2) is 0 Å². The highest BCUT2D eigenvalue weighted by Gasteiger charge is 2.38. The van der Waals surface area contributed by atoms with Gasteiger partial charge in [0.2, 0.25) is 0 Å². The molecule has 2 nitrogen and oxygen atoms in total. The Morgan fingerprint density at radius 3 is 2.44 bits per heavy atom. The van der Waals surface area contributed by atoms with Gasteiger partial charge in [0.25, 0.3) is 0 Å². The standard InChI is InChI=1S/C16H34N2/c1-7-17-15-14(10-9-11-16(15,5)6)12-18(8-2)13(3)4/h13-15,17H,7-12H2,1-6H3. The molecular formula is C16H34N2. The van der Waals surface area contributed by atoms with Crippen LogP contribution < -0.4 is 5.32 Å². The van der Waals surface area contributed by atoms with Gasteiger partial charge in [0, 0.05) is 18.6 Å². The fourth-order valence-electron chi connectivity index (χ4n) is 3.65. The third-order valence-corrected chi connectivity index (χ3v) is 4.74. The van der Waals surface area contributed by atoms with Gasteiger partial charge in [0.15, 0.2) is 0 Å². The maximum Gasteiger partial charge on any atom is 0.0159 e. The van der Waals surface area contributed by atoms with E-state index in [-0.39, 0.29) is 0 Å². The minimum absolute atomic E-state index is 0.454. The Kier molecular flexibility index (Phi) is 6.13. The molecule has 0 aromatic carbocycles. The highest BCUT2D eigenvalue weighted by atomic mass is 15.1. The molecule has 0 aromatic rings. The zero-order chi connectivity index (χ0) is 13.8. The predicted octanol–water partition coefficient (Wildman–Crippen LogP) is 3.52. The average molecular weight is 254 g/mol. The molecule has 0 amide bonds. The lowest BCUT2D eigenvalue weighted by Crippen LogP contribution is -2.53. The summed E-state index contributed by atoms with van der Waals surface area (Å²) >= 11 is 0. The minimum Gasteiger partial charge on any atom is -0.313 e. The van der Waals surface area contributed by atoms with Crippen LogP contribution in [-0.4, -0.2) is 36.6 Å². The number of hydrogen-bond donors (Lipinski definition) is 1. The summed E-state index contributed by atoms with van der Waals surface area (Å²) in [7, 11) is 0. The Hall–Kier alpha value is -0.0800. The molecule has 2 unspecified atom stereocenters. The Labute approximate surface area is 115 Å². The number of hydrogen-bond acceptors (Lipinski definition) is 2. The first-order valence-electron chi connectivity index (χ1n) is 7.89. The quantitative estimate of drug-likeness (QED) is 0.780. The van der Waals surface area contributed by atoms with Gasteiger partial charge in [-0.05, 0) is 51.1 Å². The Morgan fingerprint density at radius 1 is 1.28 bits per heavy atom. The van der Waals surface area contributed by atoms with E-state index in [1.807, 2.05) is 0 Å². The molecule has 108 valence electrons. The molecule has 0 bridgehead atoms. The molecular weight excluding hydrogens is 220 g/mol. The van der Waals surface area contributed by atoms with E-state index in [0.717, 1.165) is 12.5 Å². The number of nitrogens with zero attached hydrogens (tertiary/aromatic N) is 1. The summed E-state index contributed by atoms with van der Waals surface area (Å²) in [5, 5.41) is 3.77. The van der Waals surface area contributed by atoms with Gasteiger partial charge >= 0.3 is 0 Å². The van der Waals surface area contributed by atoms with Crippen molar-refractivity contribution in [2.24, 2.45) is 11.3 Å². The molecule has 0 saturated heterocycles. The van der Waals surface area contributed by atoms with Crippen molar-refractivity contribution >= 4 is 0 Å². The summed E-state index contributed by atoms with van der Waals surface area (Å²) in [5.74, 6) is 0.816. The van der Waals surface area contributed by atoms with Crippen LogP contribution in [0.3, 0.4) is 0 Å². The summed E-state index contributed by atoms with van der Waals surface area (Å²) in [6.45, 7) is 17.6. The molecule has 2 atom stereocenters. The SMILES string of the molecule is CCNC1C(CN(CC)C(C)C)CCCC1(C)C. The first-order valence-corrected chi connectivity index (χ1v) is 7.89. The van der Waals surface area contributed by atoms with E-state index in [4.69, 9.17) is 0 Å². The van der Waals surface area contributed by atoms with Gasteiger partial charge in [0.1, 0.15) is 0 Å². The van der Waals surface area contributed by atoms with Crippen LogP contribution in [0.2, 0.25) is 0 Å². The molecule has 1 N–H and O–H groups in total. The van der Waals surface area contributed by atoms with Crippen molar-refractivity contribution in [3.63, 3.8) is 0 Å². The van der Waals surface area contributed by atoms with Crippen LogP contribution in [0.5, 0.6) is 0 Å². The second-order valence-corrected chi connectivity index (χ2v) is 6.86. The normalized spacial score (nSPS) is 28.0. The molecule has 1 aliphatic carbocycles. The average Bonchev–Trinajstić information content (AvgIpc) is 2.29. The third kappa shape index (κ3) is 3.96. The van der Waals surface area contributed by atoms with Gasteiger partial charge in [-0.25, -0.2) is 0 Å². The second kappa shape index (κ2) is 6.91.